The summed E-state index contributed by atoms with van der Waals surface area (Å²) in [6.07, 6.45) is -4.88. The van der Waals surface area contributed by atoms with E-state index in [0.717, 1.165) is 4.90 Å². The van der Waals surface area contributed by atoms with Gasteiger partial charge in [-0.25, -0.2) is 0 Å². The summed E-state index contributed by atoms with van der Waals surface area (Å²) in [4.78, 5) is 12.1. The largest absolute Gasteiger partial charge is 0.504 e. The van der Waals surface area contributed by atoms with Gasteiger partial charge < -0.3 is 10.0 Å². The molecule has 6 heteroatoms. The number of aliphatic hydroxyl groups excluding tert-OH is 1. The van der Waals surface area contributed by atoms with E-state index in [0.29, 0.717) is 0 Å². The smallest absolute Gasteiger partial charge is 0.449 e. The predicted octanol–water partition coefficient (Wildman–Crippen LogP) is 1.22. The molecule has 0 spiro atoms. The molecule has 0 atom stereocenters. The van der Waals surface area contributed by atoms with Crippen LogP contribution in [0.15, 0.2) is 11.3 Å². The monoisotopic (exact) mass is 195 g/mol. The lowest BCUT2D eigenvalue weighted by atomic mass is 10.2. The van der Waals surface area contributed by atoms with E-state index in [1.54, 1.807) is 0 Å². The first kappa shape index (κ1) is 9.88. The Balaban J connectivity index is 3.00. The van der Waals surface area contributed by atoms with Gasteiger partial charge in [0.15, 0.2) is 0 Å². The number of nitrogens with zero attached hydrogens (tertiary/aromatic N) is 1. The van der Waals surface area contributed by atoms with Crippen LogP contribution in [-0.2, 0) is 4.79 Å². The number of carbonyl (C=O) groups is 1. The fraction of sp³-hybridized carbons (Fsp3) is 0.571. The maximum absolute atomic E-state index is 11.9. The highest BCUT2D eigenvalue weighted by Crippen LogP contribution is 2.30. The molecule has 1 amide bonds. The van der Waals surface area contributed by atoms with Crippen molar-refractivity contribution in [2.45, 2.75) is 12.6 Å². The molecule has 0 radical (unpaired) electrons. The van der Waals surface area contributed by atoms with Crippen LogP contribution in [0.2, 0.25) is 0 Å². The Morgan fingerprint density at radius 1 is 1.54 bits per heavy atom. The van der Waals surface area contributed by atoms with Crippen molar-refractivity contribution in [1.82, 2.24) is 4.90 Å². The lowest BCUT2D eigenvalue weighted by Crippen LogP contribution is -2.22. The average Bonchev–Trinajstić information content (AvgIpc) is 2.30. The van der Waals surface area contributed by atoms with Crippen LogP contribution in [-0.4, -0.2) is 35.7 Å². The van der Waals surface area contributed by atoms with E-state index in [2.05, 4.69) is 0 Å². The number of amides is 1. The number of aliphatic hydroxyl groups is 1. The minimum Gasteiger partial charge on any atom is -0.504 e. The van der Waals surface area contributed by atoms with Crippen LogP contribution in [0.5, 0.6) is 0 Å². The molecule has 1 aliphatic heterocycles. The summed E-state index contributed by atoms with van der Waals surface area (Å²) in [5, 5.41) is 8.68. The van der Waals surface area contributed by atoms with Crippen LogP contribution in [0, 0.1) is 0 Å². The van der Waals surface area contributed by atoms with Gasteiger partial charge in [0, 0.05) is 13.6 Å². The number of halogens is 3. The number of hydrogen-bond donors (Lipinski definition) is 1. The Labute approximate surface area is 72.4 Å². The highest BCUT2D eigenvalue weighted by atomic mass is 19.4. The normalized spacial score (nSPS) is 22.5. The van der Waals surface area contributed by atoms with Crippen LogP contribution in [0.25, 0.3) is 0 Å². The number of hydrogen-bond acceptors (Lipinski definition) is 2. The maximum atomic E-state index is 11.9. The minimum atomic E-state index is -4.82. The number of allylic oxidation sites excluding steroid dienone is 1. The fourth-order valence-corrected chi connectivity index (χ4v) is 1.11. The summed E-state index contributed by atoms with van der Waals surface area (Å²) in [7, 11) is 1.39. The molecule has 1 N–H and O–H groups in total. The molecule has 0 bridgehead atoms. The van der Waals surface area contributed by atoms with E-state index in [1.807, 2.05) is 0 Å². The number of likely N-dealkylation sites (tertiary alicyclic amines) is 1. The molecule has 1 heterocycles. The van der Waals surface area contributed by atoms with E-state index in [4.69, 9.17) is 5.11 Å². The van der Waals surface area contributed by atoms with Crippen molar-refractivity contribution in [3.05, 3.63) is 11.3 Å². The first-order valence-electron chi connectivity index (χ1n) is 3.59. The molecular formula is C7H8F3NO2. The zero-order chi connectivity index (χ0) is 10.2. The Kier molecular flexibility index (Phi) is 2.23. The highest BCUT2D eigenvalue weighted by molar-refractivity contribution is 5.96. The first-order valence-corrected chi connectivity index (χ1v) is 3.59. The zero-order valence-corrected chi connectivity index (χ0v) is 6.85. The van der Waals surface area contributed by atoms with Crippen LogP contribution in [0.1, 0.15) is 6.42 Å². The summed E-state index contributed by atoms with van der Waals surface area (Å²) < 4.78 is 35.8. The molecule has 1 saturated heterocycles. The van der Waals surface area contributed by atoms with Gasteiger partial charge in [0.25, 0.3) is 5.91 Å². The Bertz CT molecular complexity index is 269. The van der Waals surface area contributed by atoms with Gasteiger partial charge in [0.1, 0.15) is 0 Å². The van der Waals surface area contributed by atoms with Crippen molar-refractivity contribution in [3.63, 3.8) is 0 Å². The maximum Gasteiger partial charge on any atom is 0.449 e. The number of rotatable bonds is 0. The van der Waals surface area contributed by atoms with Crippen LogP contribution >= 0.6 is 0 Å². The third-order valence-electron chi connectivity index (χ3n) is 1.86. The zero-order valence-electron chi connectivity index (χ0n) is 6.85. The average molecular weight is 195 g/mol. The van der Waals surface area contributed by atoms with Crippen LogP contribution < -0.4 is 0 Å². The quantitative estimate of drug-likeness (QED) is 0.466. The van der Waals surface area contributed by atoms with Crippen molar-refractivity contribution in [2.24, 2.45) is 0 Å². The predicted molar refractivity (Wildman–Crippen MR) is 38.0 cm³/mol. The summed E-state index contributed by atoms with van der Waals surface area (Å²) in [6, 6.07) is 0. The fourth-order valence-electron chi connectivity index (χ4n) is 1.11. The molecule has 0 unspecified atom stereocenters. The molecule has 3 nitrogen and oxygen atoms in total. The van der Waals surface area contributed by atoms with Gasteiger partial charge in [0.2, 0.25) is 5.76 Å². The molecule has 0 aromatic carbocycles. The molecule has 0 saturated carbocycles. The molecule has 0 aromatic heterocycles. The van der Waals surface area contributed by atoms with Crippen molar-refractivity contribution in [3.8, 4) is 0 Å². The van der Waals surface area contributed by atoms with E-state index in [9.17, 15) is 18.0 Å². The van der Waals surface area contributed by atoms with Gasteiger partial charge in [-0.05, 0) is 6.42 Å². The molecular weight excluding hydrogens is 187 g/mol. The number of likely N-dealkylation sites (N-methyl/N-ethyl adjacent to an activating group) is 1. The van der Waals surface area contributed by atoms with Crippen LogP contribution in [0.3, 0.4) is 0 Å². The Morgan fingerprint density at radius 3 is 2.38 bits per heavy atom. The second-order valence-electron chi connectivity index (χ2n) is 2.80. The van der Waals surface area contributed by atoms with Crippen molar-refractivity contribution < 1.29 is 23.1 Å². The van der Waals surface area contributed by atoms with E-state index in [1.165, 1.54) is 7.05 Å². The lowest BCUT2D eigenvalue weighted by Gasteiger charge is -2.08. The molecule has 1 aliphatic rings. The van der Waals surface area contributed by atoms with Crippen molar-refractivity contribution in [1.29, 1.82) is 0 Å². The molecule has 1 fully saturated rings. The van der Waals surface area contributed by atoms with Crippen LogP contribution in [0.4, 0.5) is 13.2 Å². The van der Waals surface area contributed by atoms with Gasteiger partial charge in [-0.1, -0.05) is 0 Å². The molecule has 13 heavy (non-hydrogen) atoms. The summed E-state index contributed by atoms with van der Waals surface area (Å²) in [5.74, 6) is -2.52. The van der Waals surface area contributed by atoms with E-state index < -0.39 is 23.4 Å². The van der Waals surface area contributed by atoms with Crippen molar-refractivity contribution >= 4 is 5.91 Å². The van der Waals surface area contributed by atoms with Gasteiger partial charge in [-0.15, -0.1) is 0 Å². The van der Waals surface area contributed by atoms with Gasteiger partial charge in [-0.2, -0.15) is 13.2 Å². The second-order valence-corrected chi connectivity index (χ2v) is 2.80. The second kappa shape index (κ2) is 2.93. The van der Waals surface area contributed by atoms with Gasteiger partial charge in [-0.3, -0.25) is 4.79 Å². The minimum absolute atomic E-state index is 0.0549. The van der Waals surface area contributed by atoms with Gasteiger partial charge in [0.05, 0.1) is 5.57 Å². The molecule has 1 rings (SSSR count). The summed E-state index contributed by atoms with van der Waals surface area (Å²) in [6.45, 7) is 0.217. The lowest BCUT2D eigenvalue weighted by molar-refractivity contribution is -0.130. The number of alkyl halides is 3. The van der Waals surface area contributed by atoms with E-state index >= 15 is 0 Å². The molecule has 0 aliphatic carbocycles. The Morgan fingerprint density at radius 2 is 2.08 bits per heavy atom. The standard InChI is InChI=1S/C7H8F3NO2/c1-11-3-2-4(6(11)13)5(12)7(8,9)10/h12H,2-3H2,1H3/b5-4-. The first-order chi connectivity index (χ1) is 5.84. The third kappa shape index (κ3) is 1.76. The SMILES string of the molecule is CN1CC/C(=C(/O)C(F)(F)F)C1=O. The topological polar surface area (TPSA) is 40.5 Å². The van der Waals surface area contributed by atoms with E-state index in [-0.39, 0.29) is 13.0 Å². The molecule has 0 aromatic rings. The Hall–Kier alpha value is -1.20. The summed E-state index contributed by atoms with van der Waals surface area (Å²) >= 11 is 0. The van der Waals surface area contributed by atoms with Gasteiger partial charge >= 0.3 is 6.18 Å². The molecule has 74 valence electrons. The number of carbonyl (C=O) groups excluding carboxylic acids is 1. The highest BCUT2D eigenvalue weighted by Gasteiger charge is 2.40. The third-order valence-corrected chi connectivity index (χ3v) is 1.86. The van der Waals surface area contributed by atoms with Crippen molar-refractivity contribution in [2.75, 3.05) is 13.6 Å². The summed E-state index contributed by atoms with van der Waals surface area (Å²) in [5.41, 5.74) is -0.546.